The topological polar surface area (TPSA) is 26.3 Å². The Bertz CT molecular complexity index is 344. The molecule has 2 rings (SSSR count). The van der Waals surface area contributed by atoms with Gasteiger partial charge in [0.2, 0.25) is 0 Å². The Hall–Kier alpha value is -1.02. The first-order valence-electron chi connectivity index (χ1n) is 5.67. The van der Waals surface area contributed by atoms with E-state index in [4.69, 9.17) is 16.3 Å². The molecule has 0 spiro atoms. The molecule has 1 aromatic carbocycles. The summed E-state index contributed by atoms with van der Waals surface area (Å²) in [6.45, 7) is 0. The summed E-state index contributed by atoms with van der Waals surface area (Å²) in [5, 5.41) is -0.679. The SMILES string of the molecule is O=C(OC1CCCC1)C(Cl)c1ccccc1. The molecule has 1 aromatic rings. The van der Waals surface area contributed by atoms with Crippen molar-refractivity contribution in [1.82, 2.24) is 0 Å². The molecule has 1 saturated carbocycles. The molecule has 0 aliphatic heterocycles. The number of alkyl halides is 1. The van der Waals surface area contributed by atoms with Crippen molar-refractivity contribution in [2.45, 2.75) is 37.2 Å². The van der Waals surface area contributed by atoms with Crippen molar-refractivity contribution >= 4 is 17.6 Å². The molecule has 0 N–H and O–H groups in total. The van der Waals surface area contributed by atoms with Crippen LogP contribution in [0.1, 0.15) is 36.6 Å². The molecule has 0 aromatic heterocycles. The Morgan fingerprint density at radius 1 is 1.25 bits per heavy atom. The van der Waals surface area contributed by atoms with Gasteiger partial charge >= 0.3 is 5.97 Å². The van der Waals surface area contributed by atoms with Gasteiger partial charge in [-0.25, -0.2) is 0 Å². The third-order valence-electron chi connectivity index (χ3n) is 2.88. The highest BCUT2D eigenvalue weighted by atomic mass is 35.5. The molecule has 1 atom stereocenters. The first kappa shape index (κ1) is 11.5. The van der Waals surface area contributed by atoms with E-state index in [-0.39, 0.29) is 12.1 Å². The molecular weight excluding hydrogens is 224 g/mol. The Balaban J connectivity index is 1.94. The number of hydrogen-bond donors (Lipinski definition) is 0. The minimum Gasteiger partial charge on any atom is -0.461 e. The minimum atomic E-state index is -0.679. The van der Waals surface area contributed by atoms with Crippen LogP contribution in [0.15, 0.2) is 30.3 Å². The Morgan fingerprint density at radius 3 is 2.50 bits per heavy atom. The van der Waals surface area contributed by atoms with Gasteiger partial charge in [0, 0.05) is 0 Å². The molecule has 16 heavy (non-hydrogen) atoms. The van der Waals surface area contributed by atoms with Crippen molar-refractivity contribution in [3.63, 3.8) is 0 Å². The van der Waals surface area contributed by atoms with Crippen LogP contribution in [0.2, 0.25) is 0 Å². The fraction of sp³-hybridized carbons (Fsp3) is 0.462. The van der Waals surface area contributed by atoms with Crippen LogP contribution in [0.4, 0.5) is 0 Å². The van der Waals surface area contributed by atoms with E-state index in [2.05, 4.69) is 0 Å². The number of carbonyl (C=O) groups is 1. The molecule has 0 amide bonds. The van der Waals surface area contributed by atoms with E-state index in [1.807, 2.05) is 30.3 Å². The van der Waals surface area contributed by atoms with Crippen LogP contribution < -0.4 is 0 Å². The van der Waals surface area contributed by atoms with E-state index in [0.717, 1.165) is 31.2 Å². The molecule has 1 aliphatic carbocycles. The van der Waals surface area contributed by atoms with E-state index in [1.165, 1.54) is 0 Å². The van der Waals surface area contributed by atoms with Gasteiger partial charge in [0.05, 0.1) is 0 Å². The summed E-state index contributed by atoms with van der Waals surface area (Å²) < 4.78 is 5.36. The van der Waals surface area contributed by atoms with E-state index in [9.17, 15) is 4.79 Å². The van der Waals surface area contributed by atoms with Crippen molar-refractivity contribution in [1.29, 1.82) is 0 Å². The highest BCUT2D eigenvalue weighted by molar-refractivity contribution is 6.29. The smallest absolute Gasteiger partial charge is 0.328 e. The zero-order valence-corrected chi connectivity index (χ0v) is 9.82. The number of carbonyl (C=O) groups excluding carboxylic acids is 1. The summed E-state index contributed by atoms with van der Waals surface area (Å²) in [6.07, 6.45) is 4.33. The molecule has 1 aliphatic rings. The van der Waals surface area contributed by atoms with E-state index < -0.39 is 5.38 Å². The van der Waals surface area contributed by atoms with E-state index in [0.29, 0.717) is 0 Å². The molecular formula is C13H15ClO2. The van der Waals surface area contributed by atoms with Gasteiger partial charge in [0.1, 0.15) is 6.10 Å². The fourth-order valence-corrected chi connectivity index (χ4v) is 2.19. The first-order valence-corrected chi connectivity index (χ1v) is 6.10. The average molecular weight is 239 g/mol. The summed E-state index contributed by atoms with van der Waals surface area (Å²) >= 11 is 6.06. The number of hydrogen-bond acceptors (Lipinski definition) is 2. The van der Waals surface area contributed by atoms with Gasteiger partial charge in [0.15, 0.2) is 5.38 Å². The molecule has 0 heterocycles. The molecule has 1 unspecified atom stereocenters. The van der Waals surface area contributed by atoms with Crippen LogP contribution in [-0.2, 0) is 9.53 Å². The predicted molar refractivity (Wildman–Crippen MR) is 63.4 cm³/mol. The van der Waals surface area contributed by atoms with Gasteiger partial charge in [-0.15, -0.1) is 11.6 Å². The van der Waals surface area contributed by atoms with Crippen molar-refractivity contribution in [3.8, 4) is 0 Å². The van der Waals surface area contributed by atoms with Crippen LogP contribution in [0.25, 0.3) is 0 Å². The van der Waals surface area contributed by atoms with E-state index >= 15 is 0 Å². The standard InChI is InChI=1S/C13H15ClO2/c14-12(10-6-2-1-3-7-10)13(15)16-11-8-4-5-9-11/h1-3,6-7,11-12H,4-5,8-9H2. The molecule has 2 nitrogen and oxygen atoms in total. The van der Waals surface area contributed by atoms with Gasteiger partial charge in [-0.3, -0.25) is 4.79 Å². The predicted octanol–water partition coefficient (Wildman–Crippen LogP) is 3.45. The highest BCUT2D eigenvalue weighted by Crippen LogP contribution is 2.26. The zero-order valence-electron chi connectivity index (χ0n) is 9.06. The molecule has 1 fully saturated rings. The quantitative estimate of drug-likeness (QED) is 0.596. The van der Waals surface area contributed by atoms with Crippen LogP contribution in [-0.4, -0.2) is 12.1 Å². The largest absolute Gasteiger partial charge is 0.461 e. The van der Waals surface area contributed by atoms with Crippen LogP contribution in [0.3, 0.4) is 0 Å². The lowest BCUT2D eigenvalue weighted by Crippen LogP contribution is -2.18. The van der Waals surface area contributed by atoms with E-state index in [1.54, 1.807) is 0 Å². The molecule has 0 saturated heterocycles. The number of halogens is 1. The molecule has 3 heteroatoms. The normalized spacial score (nSPS) is 18.3. The maximum atomic E-state index is 11.7. The van der Waals surface area contributed by atoms with Crippen molar-refractivity contribution < 1.29 is 9.53 Å². The van der Waals surface area contributed by atoms with Gasteiger partial charge in [-0.1, -0.05) is 30.3 Å². The fourth-order valence-electron chi connectivity index (χ4n) is 1.99. The minimum absolute atomic E-state index is 0.0810. The second-order valence-electron chi connectivity index (χ2n) is 4.12. The summed E-state index contributed by atoms with van der Waals surface area (Å²) in [7, 11) is 0. The van der Waals surface area contributed by atoms with Gasteiger partial charge in [0.25, 0.3) is 0 Å². The van der Waals surface area contributed by atoms with Crippen LogP contribution in [0.5, 0.6) is 0 Å². The summed E-state index contributed by atoms with van der Waals surface area (Å²) in [5.41, 5.74) is 0.798. The Kier molecular flexibility index (Phi) is 3.83. The zero-order chi connectivity index (χ0) is 11.4. The molecule has 86 valence electrons. The van der Waals surface area contributed by atoms with Crippen molar-refractivity contribution in [3.05, 3.63) is 35.9 Å². The molecule has 0 bridgehead atoms. The van der Waals surface area contributed by atoms with Crippen molar-refractivity contribution in [2.24, 2.45) is 0 Å². The number of ether oxygens (including phenoxy) is 1. The second kappa shape index (κ2) is 5.35. The summed E-state index contributed by atoms with van der Waals surface area (Å²) in [6, 6.07) is 9.32. The lowest BCUT2D eigenvalue weighted by atomic mass is 10.1. The summed E-state index contributed by atoms with van der Waals surface area (Å²) in [4.78, 5) is 11.7. The van der Waals surface area contributed by atoms with Gasteiger partial charge < -0.3 is 4.74 Å². The molecule has 0 radical (unpaired) electrons. The number of esters is 1. The van der Waals surface area contributed by atoms with Crippen molar-refractivity contribution in [2.75, 3.05) is 0 Å². The monoisotopic (exact) mass is 238 g/mol. The Morgan fingerprint density at radius 2 is 1.88 bits per heavy atom. The maximum absolute atomic E-state index is 11.7. The number of rotatable bonds is 3. The maximum Gasteiger partial charge on any atom is 0.328 e. The highest BCUT2D eigenvalue weighted by Gasteiger charge is 2.24. The Labute approximate surface area is 101 Å². The lowest BCUT2D eigenvalue weighted by molar-refractivity contribution is -0.148. The first-order chi connectivity index (χ1) is 7.77. The second-order valence-corrected chi connectivity index (χ2v) is 4.55. The third kappa shape index (κ3) is 2.76. The van der Waals surface area contributed by atoms with Gasteiger partial charge in [-0.2, -0.15) is 0 Å². The van der Waals surface area contributed by atoms with Gasteiger partial charge in [-0.05, 0) is 31.2 Å². The lowest BCUT2D eigenvalue weighted by Gasteiger charge is -2.14. The third-order valence-corrected chi connectivity index (χ3v) is 3.31. The van der Waals surface area contributed by atoms with Crippen LogP contribution >= 0.6 is 11.6 Å². The van der Waals surface area contributed by atoms with Crippen LogP contribution in [0, 0.1) is 0 Å². The number of benzene rings is 1. The summed E-state index contributed by atoms with van der Waals surface area (Å²) in [5.74, 6) is -0.320. The average Bonchev–Trinajstić information content (AvgIpc) is 2.82.